The highest BCUT2D eigenvalue weighted by Gasteiger charge is 2.19. The van der Waals surface area contributed by atoms with Crippen molar-refractivity contribution < 1.29 is 28.5 Å². The van der Waals surface area contributed by atoms with Crippen molar-refractivity contribution in [3.05, 3.63) is 23.8 Å². The number of ether oxygens (including phenoxy) is 4. The summed E-state index contributed by atoms with van der Waals surface area (Å²) in [4.78, 5) is 26.3. The molecule has 1 atom stereocenters. The third-order valence-electron chi connectivity index (χ3n) is 4.94. The lowest BCUT2D eigenvalue weighted by Crippen LogP contribution is -2.48. The first-order chi connectivity index (χ1) is 15.1. The molecule has 2 aliphatic heterocycles. The Morgan fingerprint density at radius 3 is 2.71 bits per heavy atom. The van der Waals surface area contributed by atoms with Crippen LogP contribution in [-0.4, -0.2) is 81.1 Å². The Morgan fingerprint density at radius 1 is 1.19 bits per heavy atom. The molecule has 2 amide bonds. The Kier molecular flexibility index (Phi) is 8.68. The van der Waals surface area contributed by atoms with Crippen LogP contribution >= 0.6 is 12.2 Å². The van der Waals surface area contributed by atoms with E-state index in [0.717, 1.165) is 19.4 Å². The van der Waals surface area contributed by atoms with Crippen molar-refractivity contribution in [3.63, 3.8) is 0 Å². The van der Waals surface area contributed by atoms with E-state index in [4.69, 9.17) is 31.2 Å². The van der Waals surface area contributed by atoms with Crippen LogP contribution in [0.15, 0.2) is 18.2 Å². The zero-order valence-electron chi connectivity index (χ0n) is 17.5. The summed E-state index contributed by atoms with van der Waals surface area (Å²) in [5, 5.41) is 3.31. The van der Waals surface area contributed by atoms with Crippen molar-refractivity contribution in [3.8, 4) is 11.5 Å². The number of morpholine rings is 1. The van der Waals surface area contributed by atoms with Gasteiger partial charge in [0.15, 0.2) is 23.2 Å². The lowest BCUT2D eigenvalue weighted by molar-refractivity contribution is -0.137. The zero-order chi connectivity index (χ0) is 22.1. The van der Waals surface area contributed by atoms with Crippen molar-refractivity contribution in [1.29, 1.82) is 0 Å². The summed E-state index contributed by atoms with van der Waals surface area (Å²) in [6.45, 7) is 3.40. The highest BCUT2D eigenvalue weighted by Crippen LogP contribution is 2.28. The number of nitrogens with one attached hydrogen (secondary N) is 3. The zero-order valence-corrected chi connectivity index (χ0v) is 18.3. The van der Waals surface area contributed by atoms with E-state index in [-0.39, 0.29) is 18.6 Å². The molecule has 2 aliphatic rings. The predicted octanol–water partition coefficient (Wildman–Crippen LogP) is 0.221. The van der Waals surface area contributed by atoms with Gasteiger partial charge in [-0.1, -0.05) is 0 Å². The molecular formula is C20H28N4O6S. The molecule has 2 fully saturated rings. The van der Waals surface area contributed by atoms with Crippen LogP contribution < -0.4 is 25.6 Å². The van der Waals surface area contributed by atoms with Crippen LogP contribution in [0.5, 0.6) is 11.5 Å². The number of amides is 2. The van der Waals surface area contributed by atoms with E-state index in [1.54, 1.807) is 17.0 Å². The maximum Gasteiger partial charge on any atom is 0.269 e. The third kappa shape index (κ3) is 6.94. The Morgan fingerprint density at radius 2 is 2.00 bits per heavy atom. The Labute approximate surface area is 186 Å². The molecule has 2 saturated heterocycles. The van der Waals surface area contributed by atoms with Crippen molar-refractivity contribution >= 4 is 29.1 Å². The highest BCUT2D eigenvalue weighted by atomic mass is 32.1. The van der Waals surface area contributed by atoms with Gasteiger partial charge in [0.25, 0.3) is 11.8 Å². The van der Waals surface area contributed by atoms with E-state index in [2.05, 4.69) is 16.2 Å². The fourth-order valence-electron chi connectivity index (χ4n) is 3.21. The smallest absolute Gasteiger partial charge is 0.269 e. The van der Waals surface area contributed by atoms with Gasteiger partial charge in [-0.15, -0.1) is 0 Å². The number of methoxy groups -OCH3 is 1. The average molecular weight is 453 g/mol. The molecule has 11 heteroatoms. The van der Waals surface area contributed by atoms with Gasteiger partial charge in [0.05, 0.1) is 26.4 Å². The minimum Gasteiger partial charge on any atom is -0.493 e. The second-order valence-corrected chi connectivity index (χ2v) is 7.48. The van der Waals surface area contributed by atoms with Crippen LogP contribution in [0.25, 0.3) is 0 Å². The van der Waals surface area contributed by atoms with E-state index in [1.807, 2.05) is 0 Å². The lowest BCUT2D eigenvalue weighted by Gasteiger charge is -2.26. The summed E-state index contributed by atoms with van der Waals surface area (Å²) in [7, 11) is 1.47. The Hall–Kier alpha value is -2.63. The summed E-state index contributed by atoms with van der Waals surface area (Å²) < 4.78 is 21.7. The number of hydrazine groups is 1. The molecule has 10 nitrogen and oxygen atoms in total. The lowest BCUT2D eigenvalue weighted by atomic mass is 10.2. The summed E-state index contributed by atoms with van der Waals surface area (Å²) in [5.41, 5.74) is 5.55. The van der Waals surface area contributed by atoms with Crippen molar-refractivity contribution in [2.75, 3.05) is 53.2 Å². The number of hydrogen-bond acceptors (Lipinski definition) is 7. The molecule has 0 bridgehead atoms. The SMILES string of the molecule is COc1cc(C(=O)NNC(=S)NC[C@H]2CCCO2)ccc1OCC(=O)N1CCOCC1. The Balaban J connectivity index is 1.46. The number of carbonyl (C=O) groups is 2. The molecule has 3 rings (SSSR count). The van der Waals surface area contributed by atoms with Gasteiger partial charge in [-0.3, -0.25) is 20.4 Å². The van der Waals surface area contributed by atoms with Crippen molar-refractivity contribution in [2.45, 2.75) is 18.9 Å². The predicted molar refractivity (Wildman–Crippen MR) is 116 cm³/mol. The first-order valence-electron chi connectivity index (χ1n) is 10.2. The van der Waals surface area contributed by atoms with Crippen LogP contribution in [-0.2, 0) is 14.3 Å². The number of carbonyl (C=O) groups excluding carboxylic acids is 2. The number of thiocarbonyl (C=S) groups is 1. The van der Waals surface area contributed by atoms with Crippen LogP contribution in [0, 0.1) is 0 Å². The summed E-state index contributed by atoms with van der Waals surface area (Å²) in [6.07, 6.45) is 2.18. The molecule has 0 unspecified atom stereocenters. The molecule has 2 heterocycles. The monoisotopic (exact) mass is 452 g/mol. The van der Waals surface area contributed by atoms with Crippen LogP contribution in [0.2, 0.25) is 0 Å². The molecule has 1 aromatic carbocycles. The molecule has 0 aromatic heterocycles. The number of hydrogen-bond donors (Lipinski definition) is 3. The Bertz CT molecular complexity index is 781. The van der Waals surface area contributed by atoms with Crippen LogP contribution in [0.4, 0.5) is 0 Å². The van der Waals surface area contributed by atoms with Crippen LogP contribution in [0.3, 0.4) is 0 Å². The first kappa shape index (κ1) is 23.0. The maximum atomic E-state index is 12.4. The normalized spacial score (nSPS) is 18.2. The van der Waals surface area contributed by atoms with Gasteiger partial charge in [0.2, 0.25) is 0 Å². The minimum absolute atomic E-state index is 0.117. The summed E-state index contributed by atoms with van der Waals surface area (Å²) >= 11 is 5.16. The summed E-state index contributed by atoms with van der Waals surface area (Å²) in [6, 6.07) is 4.71. The van der Waals surface area contributed by atoms with E-state index >= 15 is 0 Å². The molecular weight excluding hydrogens is 424 g/mol. The highest BCUT2D eigenvalue weighted by molar-refractivity contribution is 7.80. The minimum atomic E-state index is -0.393. The number of benzene rings is 1. The van der Waals surface area contributed by atoms with Gasteiger partial charge in [0, 0.05) is 31.8 Å². The first-order valence-corrected chi connectivity index (χ1v) is 10.6. The molecule has 0 saturated carbocycles. The number of nitrogens with zero attached hydrogens (tertiary/aromatic N) is 1. The van der Waals surface area contributed by atoms with Crippen molar-refractivity contribution in [2.24, 2.45) is 0 Å². The quantitative estimate of drug-likeness (QED) is 0.395. The third-order valence-corrected chi connectivity index (χ3v) is 5.19. The average Bonchev–Trinajstić information content (AvgIpc) is 3.33. The van der Waals surface area contributed by atoms with Crippen molar-refractivity contribution in [1.82, 2.24) is 21.1 Å². The van der Waals surface area contributed by atoms with Gasteiger partial charge >= 0.3 is 0 Å². The maximum absolute atomic E-state index is 12.4. The molecule has 0 aliphatic carbocycles. The van der Waals surface area contributed by atoms with Gasteiger partial charge in [-0.25, -0.2) is 0 Å². The van der Waals surface area contributed by atoms with Gasteiger partial charge < -0.3 is 29.2 Å². The number of rotatable bonds is 7. The largest absolute Gasteiger partial charge is 0.493 e. The molecule has 3 N–H and O–H groups in total. The van der Waals surface area contributed by atoms with E-state index in [1.165, 1.54) is 13.2 Å². The molecule has 1 aromatic rings. The molecule has 31 heavy (non-hydrogen) atoms. The molecule has 170 valence electrons. The summed E-state index contributed by atoms with van der Waals surface area (Å²) in [5.74, 6) is 0.208. The standard InChI is InChI=1S/C20H28N4O6S/c1-27-17-11-14(19(26)22-23-20(31)21-12-15-3-2-8-29-15)4-5-16(17)30-13-18(25)24-6-9-28-10-7-24/h4-5,11,15H,2-3,6-10,12-13H2,1H3,(H,22,26)(H2,21,23,31)/t15-/m1/s1. The fraction of sp³-hybridized carbons (Fsp3) is 0.550. The topological polar surface area (TPSA) is 110 Å². The van der Waals surface area contributed by atoms with Gasteiger partial charge in [-0.05, 0) is 43.3 Å². The molecule has 0 spiro atoms. The van der Waals surface area contributed by atoms with E-state index < -0.39 is 5.91 Å². The molecule has 0 radical (unpaired) electrons. The second-order valence-electron chi connectivity index (χ2n) is 7.07. The second kappa shape index (κ2) is 11.7. The van der Waals surface area contributed by atoms with E-state index in [9.17, 15) is 9.59 Å². The van der Waals surface area contributed by atoms with Gasteiger partial charge in [-0.2, -0.15) is 0 Å². The van der Waals surface area contributed by atoms with Gasteiger partial charge in [0.1, 0.15) is 0 Å². The fourth-order valence-corrected chi connectivity index (χ4v) is 3.35. The van der Waals surface area contributed by atoms with Crippen LogP contribution in [0.1, 0.15) is 23.2 Å². The van der Waals surface area contributed by atoms with E-state index in [0.29, 0.717) is 55.0 Å².